The Hall–Kier alpha value is -2.18. The second-order valence-electron chi connectivity index (χ2n) is 3.17. The van der Waals surface area contributed by atoms with Crippen LogP contribution in [0.5, 0.6) is 0 Å². The van der Waals surface area contributed by atoms with Gasteiger partial charge in [-0.3, -0.25) is 0 Å². The molecular formula is C10H4F4N2O. The maximum absolute atomic E-state index is 13.2. The highest BCUT2D eigenvalue weighted by molar-refractivity contribution is 5.59. The Morgan fingerprint density at radius 1 is 1.00 bits per heavy atom. The molecule has 1 aromatic heterocycles. The van der Waals surface area contributed by atoms with Crippen molar-refractivity contribution < 1.29 is 17.6 Å². The van der Waals surface area contributed by atoms with E-state index in [2.05, 4.69) is 4.98 Å². The fourth-order valence-electron chi connectivity index (χ4n) is 1.29. The first-order valence-corrected chi connectivity index (χ1v) is 4.39. The predicted octanol–water partition coefficient (Wildman–Crippen LogP) is 1.99. The molecule has 0 aliphatic rings. The zero-order valence-electron chi connectivity index (χ0n) is 8.10. The zero-order chi connectivity index (χ0) is 12.6. The molecule has 0 aliphatic carbocycles. The van der Waals surface area contributed by atoms with Crippen molar-refractivity contribution in [2.45, 2.75) is 0 Å². The number of nitrogens with zero attached hydrogens (tertiary/aromatic N) is 1. The molecule has 0 unspecified atom stereocenters. The number of halogens is 4. The fourth-order valence-corrected chi connectivity index (χ4v) is 1.29. The second kappa shape index (κ2) is 4.00. The van der Waals surface area contributed by atoms with E-state index in [-0.39, 0.29) is 5.56 Å². The van der Waals surface area contributed by atoms with Crippen molar-refractivity contribution in [3.63, 3.8) is 0 Å². The van der Waals surface area contributed by atoms with Gasteiger partial charge in [-0.15, -0.1) is 0 Å². The van der Waals surface area contributed by atoms with Crippen molar-refractivity contribution in [2.24, 2.45) is 0 Å². The summed E-state index contributed by atoms with van der Waals surface area (Å²) in [5.74, 6) is -5.59. The third kappa shape index (κ3) is 2.03. The van der Waals surface area contributed by atoms with Crippen molar-refractivity contribution in [3.8, 4) is 11.3 Å². The normalized spacial score (nSPS) is 10.6. The third-order valence-corrected chi connectivity index (χ3v) is 2.04. The smallest absolute Gasteiger partial charge is 0.303 e. The molecule has 0 spiro atoms. The van der Waals surface area contributed by atoms with Gasteiger partial charge in [0.25, 0.3) is 0 Å². The predicted molar refractivity (Wildman–Crippen MR) is 50.1 cm³/mol. The van der Waals surface area contributed by atoms with Crippen molar-refractivity contribution in [1.29, 1.82) is 0 Å². The fraction of sp³-hybridized carbons (Fsp3) is 0. The molecule has 88 valence electrons. The van der Waals surface area contributed by atoms with Crippen LogP contribution in [0.25, 0.3) is 11.3 Å². The average molecular weight is 244 g/mol. The lowest BCUT2D eigenvalue weighted by Gasteiger charge is -2.04. The van der Waals surface area contributed by atoms with Gasteiger partial charge in [0.1, 0.15) is 0 Å². The van der Waals surface area contributed by atoms with Crippen LogP contribution < -0.4 is 5.69 Å². The summed E-state index contributed by atoms with van der Waals surface area (Å²) < 4.78 is 51.8. The molecule has 0 atom stereocenters. The topological polar surface area (TPSA) is 45.8 Å². The quantitative estimate of drug-likeness (QED) is 0.616. The van der Waals surface area contributed by atoms with Gasteiger partial charge in [0, 0.05) is 5.56 Å². The Balaban J connectivity index is 2.69. The number of aromatic nitrogens is 2. The Labute approximate surface area is 91.8 Å². The first kappa shape index (κ1) is 11.3. The lowest BCUT2D eigenvalue weighted by molar-refractivity contribution is 0.447. The van der Waals surface area contributed by atoms with Gasteiger partial charge in [0.15, 0.2) is 23.3 Å². The van der Waals surface area contributed by atoms with Crippen LogP contribution in [0.15, 0.2) is 23.1 Å². The maximum atomic E-state index is 13.2. The van der Waals surface area contributed by atoms with Gasteiger partial charge in [0.2, 0.25) is 0 Å². The number of aromatic amines is 1. The van der Waals surface area contributed by atoms with E-state index in [0.717, 1.165) is 0 Å². The monoisotopic (exact) mass is 244 g/mol. The Bertz CT molecular complexity index is 615. The van der Waals surface area contributed by atoms with Crippen LogP contribution in [0.4, 0.5) is 17.6 Å². The van der Waals surface area contributed by atoms with Gasteiger partial charge in [0.05, 0.1) is 11.9 Å². The molecule has 7 heteroatoms. The van der Waals surface area contributed by atoms with Crippen LogP contribution in [0.2, 0.25) is 0 Å². The van der Waals surface area contributed by atoms with E-state index in [1.807, 2.05) is 4.98 Å². The van der Waals surface area contributed by atoms with E-state index < -0.39 is 34.7 Å². The van der Waals surface area contributed by atoms with E-state index in [9.17, 15) is 22.4 Å². The summed E-state index contributed by atoms with van der Waals surface area (Å²) in [4.78, 5) is 15.9. The van der Waals surface area contributed by atoms with Gasteiger partial charge in [-0.2, -0.15) is 4.98 Å². The third-order valence-electron chi connectivity index (χ3n) is 2.04. The Morgan fingerprint density at radius 2 is 1.59 bits per heavy atom. The minimum absolute atomic E-state index is 0.321. The summed E-state index contributed by atoms with van der Waals surface area (Å²) in [6, 6.07) is 1.15. The van der Waals surface area contributed by atoms with Gasteiger partial charge in [-0.05, 0) is 12.1 Å². The van der Waals surface area contributed by atoms with Gasteiger partial charge in [-0.1, -0.05) is 0 Å². The average Bonchev–Trinajstić information content (AvgIpc) is 2.28. The van der Waals surface area contributed by atoms with Crippen LogP contribution in [0.3, 0.4) is 0 Å². The highest BCUT2D eigenvalue weighted by atomic mass is 19.2. The van der Waals surface area contributed by atoms with Crippen LogP contribution in [-0.4, -0.2) is 9.97 Å². The number of hydrogen-bond donors (Lipinski definition) is 1. The second-order valence-corrected chi connectivity index (χ2v) is 3.17. The lowest BCUT2D eigenvalue weighted by atomic mass is 10.1. The first-order valence-electron chi connectivity index (χ1n) is 4.39. The van der Waals surface area contributed by atoms with Crippen molar-refractivity contribution in [3.05, 3.63) is 52.1 Å². The summed E-state index contributed by atoms with van der Waals surface area (Å²) >= 11 is 0. The zero-order valence-corrected chi connectivity index (χ0v) is 8.10. The number of benzene rings is 1. The van der Waals surface area contributed by atoms with Crippen molar-refractivity contribution >= 4 is 0 Å². The van der Waals surface area contributed by atoms with Gasteiger partial charge >= 0.3 is 5.69 Å². The SMILES string of the molecule is O=c1ncc(F)c(-c2cc(F)c(F)c(F)c2)[nH]1. The van der Waals surface area contributed by atoms with Crippen LogP contribution in [0, 0.1) is 23.3 Å². The minimum Gasteiger partial charge on any atom is -0.303 e. The van der Waals surface area contributed by atoms with Gasteiger partial charge in [-0.25, -0.2) is 22.4 Å². The molecule has 3 nitrogen and oxygen atoms in total. The standard InChI is InChI=1S/C10H4F4N2O/c11-5-1-4(2-6(12)8(5)14)9-7(13)3-15-10(17)16-9/h1-3H,(H,15,16,17). The van der Waals surface area contributed by atoms with E-state index in [4.69, 9.17) is 0 Å². The summed E-state index contributed by atoms with van der Waals surface area (Å²) in [5.41, 5.74) is -1.66. The van der Waals surface area contributed by atoms with E-state index in [1.165, 1.54) is 0 Å². The molecule has 0 fully saturated rings. The van der Waals surface area contributed by atoms with Crippen LogP contribution in [0.1, 0.15) is 0 Å². The van der Waals surface area contributed by atoms with Crippen LogP contribution >= 0.6 is 0 Å². The Kier molecular flexibility index (Phi) is 2.66. The number of nitrogens with one attached hydrogen (secondary N) is 1. The molecule has 0 aliphatic heterocycles. The molecule has 2 aromatic rings. The number of H-pyrrole nitrogens is 1. The molecule has 0 amide bonds. The number of rotatable bonds is 1. The summed E-state index contributed by atoms with van der Waals surface area (Å²) in [6.45, 7) is 0. The lowest BCUT2D eigenvalue weighted by Crippen LogP contribution is -2.12. The highest BCUT2D eigenvalue weighted by Crippen LogP contribution is 2.22. The van der Waals surface area contributed by atoms with E-state index in [0.29, 0.717) is 18.3 Å². The minimum atomic E-state index is -1.66. The van der Waals surface area contributed by atoms with Crippen LogP contribution in [-0.2, 0) is 0 Å². The highest BCUT2D eigenvalue weighted by Gasteiger charge is 2.14. The maximum Gasteiger partial charge on any atom is 0.345 e. The molecule has 1 aromatic carbocycles. The molecule has 0 bridgehead atoms. The summed E-state index contributed by atoms with van der Waals surface area (Å²) in [5, 5.41) is 0. The first-order chi connectivity index (χ1) is 7.99. The molecule has 0 saturated carbocycles. The molecule has 17 heavy (non-hydrogen) atoms. The van der Waals surface area contributed by atoms with Crippen molar-refractivity contribution in [2.75, 3.05) is 0 Å². The molecule has 1 N–H and O–H groups in total. The Morgan fingerprint density at radius 3 is 2.18 bits per heavy atom. The van der Waals surface area contributed by atoms with Gasteiger partial charge < -0.3 is 4.98 Å². The molecular weight excluding hydrogens is 240 g/mol. The molecule has 2 rings (SSSR count). The summed E-state index contributed by atoms with van der Waals surface area (Å²) in [7, 11) is 0. The molecule has 0 radical (unpaired) electrons. The van der Waals surface area contributed by atoms with E-state index in [1.54, 1.807) is 0 Å². The number of hydrogen-bond acceptors (Lipinski definition) is 2. The molecule has 1 heterocycles. The van der Waals surface area contributed by atoms with Crippen molar-refractivity contribution in [1.82, 2.24) is 9.97 Å². The van der Waals surface area contributed by atoms with E-state index >= 15 is 0 Å². The molecule has 0 saturated heterocycles. The largest absolute Gasteiger partial charge is 0.345 e. The summed E-state index contributed by atoms with van der Waals surface area (Å²) in [6.07, 6.45) is 0.604.